The molecule has 2 fully saturated rings. The van der Waals surface area contributed by atoms with Gasteiger partial charge in [0.1, 0.15) is 0 Å². The SMILES string of the molecule is CC(C)N1CCCC(NC2CCCCC2(C)C)CC1. The Morgan fingerprint density at radius 3 is 2.47 bits per heavy atom. The summed E-state index contributed by atoms with van der Waals surface area (Å²) in [6.45, 7) is 12.2. The summed E-state index contributed by atoms with van der Waals surface area (Å²) in [6.07, 6.45) is 9.71. The van der Waals surface area contributed by atoms with Crippen LogP contribution in [0, 0.1) is 5.41 Å². The second kappa shape index (κ2) is 6.58. The lowest BCUT2D eigenvalue weighted by molar-refractivity contribution is 0.150. The van der Waals surface area contributed by atoms with Gasteiger partial charge in [0, 0.05) is 18.1 Å². The first-order valence-electron chi connectivity index (χ1n) is 8.49. The van der Waals surface area contributed by atoms with E-state index in [-0.39, 0.29) is 0 Å². The molecular weight excluding hydrogens is 232 g/mol. The van der Waals surface area contributed by atoms with Crippen molar-refractivity contribution in [2.45, 2.75) is 90.8 Å². The molecule has 2 atom stereocenters. The van der Waals surface area contributed by atoms with Gasteiger partial charge in [0.2, 0.25) is 0 Å². The highest BCUT2D eigenvalue weighted by atomic mass is 15.2. The van der Waals surface area contributed by atoms with Crippen molar-refractivity contribution in [2.75, 3.05) is 13.1 Å². The number of hydrogen-bond donors (Lipinski definition) is 1. The van der Waals surface area contributed by atoms with Gasteiger partial charge in [0.15, 0.2) is 0 Å². The van der Waals surface area contributed by atoms with E-state index in [4.69, 9.17) is 0 Å². The Kier molecular flexibility index (Phi) is 5.30. The van der Waals surface area contributed by atoms with Crippen molar-refractivity contribution >= 4 is 0 Å². The Bertz CT molecular complexity index is 272. The van der Waals surface area contributed by atoms with Crippen LogP contribution in [0.3, 0.4) is 0 Å². The summed E-state index contributed by atoms with van der Waals surface area (Å²) in [7, 11) is 0. The molecule has 1 saturated heterocycles. The predicted molar refractivity (Wildman–Crippen MR) is 83.5 cm³/mol. The smallest absolute Gasteiger partial charge is 0.0121 e. The van der Waals surface area contributed by atoms with Crippen molar-refractivity contribution in [1.82, 2.24) is 10.2 Å². The van der Waals surface area contributed by atoms with Gasteiger partial charge in [-0.3, -0.25) is 0 Å². The van der Waals surface area contributed by atoms with Crippen LogP contribution in [-0.4, -0.2) is 36.1 Å². The van der Waals surface area contributed by atoms with E-state index in [9.17, 15) is 0 Å². The Morgan fingerprint density at radius 2 is 1.79 bits per heavy atom. The van der Waals surface area contributed by atoms with Crippen LogP contribution in [0.15, 0.2) is 0 Å². The largest absolute Gasteiger partial charge is 0.311 e. The fraction of sp³-hybridized carbons (Fsp3) is 1.00. The first-order valence-corrected chi connectivity index (χ1v) is 8.49. The van der Waals surface area contributed by atoms with Gasteiger partial charge in [0.05, 0.1) is 0 Å². The van der Waals surface area contributed by atoms with Crippen molar-refractivity contribution in [2.24, 2.45) is 5.41 Å². The Hall–Kier alpha value is -0.0800. The van der Waals surface area contributed by atoms with E-state index >= 15 is 0 Å². The lowest BCUT2D eigenvalue weighted by atomic mass is 9.73. The maximum Gasteiger partial charge on any atom is 0.0121 e. The van der Waals surface area contributed by atoms with Gasteiger partial charge in [-0.15, -0.1) is 0 Å². The van der Waals surface area contributed by atoms with Crippen molar-refractivity contribution < 1.29 is 0 Å². The van der Waals surface area contributed by atoms with E-state index in [0.717, 1.165) is 12.1 Å². The summed E-state index contributed by atoms with van der Waals surface area (Å²) in [5.74, 6) is 0. The molecule has 2 rings (SSSR count). The van der Waals surface area contributed by atoms with Gasteiger partial charge >= 0.3 is 0 Å². The van der Waals surface area contributed by atoms with Crippen LogP contribution in [0.5, 0.6) is 0 Å². The summed E-state index contributed by atoms with van der Waals surface area (Å²) >= 11 is 0. The fourth-order valence-corrected chi connectivity index (χ4v) is 3.89. The Balaban J connectivity index is 1.85. The summed E-state index contributed by atoms with van der Waals surface area (Å²) in [4.78, 5) is 2.65. The molecule has 0 amide bonds. The minimum atomic E-state index is 0.502. The normalized spacial score (nSPS) is 33.3. The van der Waals surface area contributed by atoms with Crippen LogP contribution in [0.4, 0.5) is 0 Å². The fourth-order valence-electron chi connectivity index (χ4n) is 3.89. The maximum atomic E-state index is 4.02. The Morgan fingerprint density at radius 1 is 1.00 bits per heavy atom. The molecule has 0 aromatic heterocycles. The van der Waals surface area contributed by atoms with Gasteiger partial charge in [-0.25, -0.2) is 0 Å². The molecule has 1 heterocycles. The zero-order valence-electron chi connectivity index (χ0n) is 13.5. The second-order valence-corrected chi connectivity index (χ2v) is 7.71. The molecule has 1 aliphatic carbocycles. The molecule has 0 aromatic rings. The average molecular weight is 266 g/mol. The van der Waals surface area contributed by atoms with Crippen LogP contribution in [0.25, 0.3) is 0 Å². The first-order chi connectivity index (χ1) is 8.99. The third kappa shape index (κ3) is 4.19. The van der Waals surface area contributed by atoms with Crippen molar-refractivity contribution in [3.8, 4) is 0 Å². The third-order valence-corrected chi connectivity index (χ3v) is 5.44. The summed E-state index contributed by atoms with van der Waals surface area (Å²) < 4.78 is 0. The zero-order valence-corrected chi connectivity index (χ0v) is 13.5. The van der Waals surface area contributed by atoms with Crippen LogP contribution < -0.4 is 5.32 Å². The van der Waals surface area contributed by atoms with E-state index in [1.807, 2.05) is 0 Å². The highest BCUT2D eigenvalue weighted by molar-refractivity contribution is 4.90. The lowest BCUT2D eigenvalue weighted by Gasteiger charge is -2.41. The van der Waals surface area contributed by atoms with Crippen LogP contribution in [-0.2, 0) is 0 Å². The molecular formula is C17H34N2. The van der Waals surface area contributed by atoms with E-state index in [1.165, 1.54) is 58.0 Å². The van der Waals surface area contributed by atoms with Crippen LogP contribution >= 0.6 is 0 Å². The van der Waals surface area contributed by atoms with Crippen molar-refractivity contribution in [1.29, 1.82) is 0 Å². The van der Waals surface area contributed by atoms with Gasteiger partial charge < -0.3 is 10.2 Å². The molecule has 1 aliphatic heterocycles. The van der Waals surface area contributed by atoms with Gasteiger partial charge in [-0.05, 0) is 64.5 Å². The van der Waals surface area contributed by atoms with Gasteiger partial charge in [-0.1, -0.05) is 26.7 Å². The number of nitrogens with zero attached hydrogens (tertiary/aromatic N) is 1. The highest BCUT2D eigenvalue weighted by Crippen LogP contribution is 2.36. The standard InChI is InChI=1S/C17H34N2/c1-14(2)19-12-7-8-15(10-13-19)18-16-9-5-6-11-17(16,3)4/h14-16,18H,5-13H2,1-4H3. The average Bonchev–Trinajstić information content (AvgIpc) is 2.57. The molecule has 1 saturated carbocycles. The van der Waals surface area contributed by atoms with Crippen molar-refractivity contribution in [3.63, 3.8) is 0 Å². The second-order valence-electron chi connectivity index (χ2n) is 7.71. The molecule has 112 valence electrons. The maximum absolute atomic E-state index is 4.02. The molecule has 19 heavy (non-hydrogen) atoms. The minimum Gasteiger partial charge on any atom is -0.311 e. The molecule has 0 spiro atoms. The molecule has 0 aromatic carbocycles. The number of likely N-dealkylation sites (tertiary alicyclic amines) is 1. The zero-order chi connectivity index (χ0) is 13.9. The van der Waals surface area contributed by atoms with E-state index in [1.54, 1.807) is 0 Å². The van der Waals surface area contributed by atoms with Gasteiger partial charge in [-0.2, -0.15) is 0 Å². The Labute approximate surface area is 120 Å². The van der Waals surface area contributed by atoms with Gasteiger partial charge in [0.25, 0.3) is 0 Å². The number of nitrogens with one attached hydrogen (secondary N) is 1. The summed E-state index contributed by atoms with van der Waals surface area (Å²) in [5, 5.41) is 4.02. The van der Waals surface area contributed by atoms with Crippen LogP contribution in [0.1, 0.15) is 72.6 Å². The molecule has 2 aliphatic rings. The van der Waals surface area contributed by atoms with E-state index in [0.29, 0.717) is 11.5 Å². The van der Waals surface area contributed by atoms with E-state index in [2.05, 4.69) is 37.9 Å². The molecule has 2 unspecified atom stereocenters. The highest BCUT2D eigenvalue weighted by Gasteiger charge is 2.33. The molecule has 1 N–H and O–H groups in total. The topological polar surface area (TPSA) is 15.3 Å². The monoisotopic (exact) mass is 266 g/mol. The quantitative estimate of drug-likeness (QED) is 0.835. The molecule has 2 heteroatoms. The molecule has 0 bridgehead atoms. The van der Waals surface area contributed by atoms with Crippen LogP contribution in [0.2, 0.25) is 0 Å². The lowest BCUT2D eigenvalue weighted by Crippen LogP contribution is -2.48. The third-order valence-electron chi connectivity index (χ3n) is 5.44. The number of hydrogen-bond acceptors (Lipinski definition) is 2. The van der Waals surface area contributed by atoms with Crippen molar-refractivity contribution in [3.05, 3.63) is 0 Å². The summed E-state index contributed by atoms with van der Waals surface area (Å²) in [6, 6.07) is 2.22. The number of rotatable bonds is 3. The molecule has 0 radical (unpaired) electrons. The van der Waals surface area contributed by atoms with E-state index < -0.39 is 0 Å². The summed E-state index contributed by atoms with van der Waals surface area (Å²) in [5.41, 5.74) is 0.502. The first kappa shape index (κ1) is 15.3. The predicted octanol–water partition coefficient (Wildman–Crippen LogP) is 3.81. The minimum absolute atomic E-state index is 0.502. The molecule has 2 nitrogen and oxygen atoms in total.